The number of fused-ring (bicyclic) bond motifs is 2. The van der Waals surface area contributed by atoms with Crippen LogP contribution in [0.4, 0.5) is 16.3 Å². The Balaban J connectivity index is 1.42. The number of aromatic nitrogens is 3. The summed E-state index contributed by atoms with van der Waals surface area (Å²) in [5.41, 5.74) is 3.83. The maximum absolute atomic E-state index is 12.0. The molecule has 10 nitrogen and oxygen atoms in total. The van der Waals surface area contributed by atoms with Crippen LogP contribution in [-0.4, -0.2) is 67.0 Å². The Labute approximate surface area is 191 Å². The number of ether oxygens (including phenoxy) is 1. The third-order valence-corrected chi connectivity index (χ3v) is 7.41. The highest BCUT2D eigenvalue weighted by Gasteiger charge is 2.31. The summed E-state index contributed by atoms with van der Waals surface area (Å²) < 4.78 is 34.7. The fourth-order valence-corrected chi connectivity index (χ4v) is 5.28. The largest absolute Gasteiger partial charge is 0.450 e. The first-order valence-electron chi connectivity index (χ1n) is 11.0. The van der Waals surface area contributed by atoms with Gasteiger partial charge in [0.05, 0.1) is 11.5 Å². The first-order chi connectivity index (χ1) is 15.9. The highest BCUT2D eigenvalue weighted by molar-refractivity contribution is 7.90. The van der Waals surface area contributed by atoms with E-state index in [1.807, 2.05) is 11.0 Å². The Hall–Kier alpha value is -3.21. The highest BCUT2D eigenvalue weighted by atomic mass is 32.2. The van der Waals surface area contributed by atoms with Crippen molar-refractivity contribution in [3.05, 3.63) is 35.8 Å². The Morgan fingerprint density at radius 1 is 1.21 bits per heavy atom. The predicted molar refractivity (Wildman–Crippen MR) is 120 cm³/mol. The second-order valence-electron chi connectivity index (χ2n) is 8.37. The van der Waals surface area contributed by atoms with Gasteiger partial charge in [0.1, 0.15) is 17.5 Å². The summed E-state index contributed by atoms with van der Waals surface area (Å²) in [6.45, 7) is 4.01. The fourth-order valence-electron chi connectivity index (χ4n) is 4.61. The van der Waals surface area contributed by atoms with Crippen molar-refractivity contribution in [1.29, 1.82) is 0 Å². The molecule has 1 fully saturated rings. The highest BCUT2D eigenvalue weighted by Crippen LogP contribution is 2.39. The average Bonchev–Trinajstić information content (AvgIpc) is 3.43. The zero-order valence-corrected chi connectivity index (χ0v) is 19.3. The van der Waals surface area contributed by atoms with Crippen LogP contribution in [0, 0.1) is 0 Å². The van der Waals surface area contributed by atoms with E-state index in [4.69, 9.17) is 9.26 Å². The lowest BCUT2D eigenvalue weighted by molar-refractivity contribution is 0.0967. The van der Waals surface area contributed by atoms with Crippen LogP contribution in [0.15, 0.2) is 33.9 Å². The van der Waals surface area contributed by atoms with Crippen molar-refractivity contribution in [2.24, 2.45) is 0 Å². The maximum Gasteiger partial charge on any atom is 0.409 e. The second kappa shape index (κ2) is 8.29. The summed E-state index contributed by atoms with van der Waals surface area (Å²) >= 11 is 0. The van der Waals surface area contributed by atoms with E-state index in [2.05, 4.69) is 15.1 Å². The molecule has 174 valence electrons. The van der Waals surface area contributed by atoms with Crippen LogP contribution < -0.4 is 4.90 Å². The van der Waals surface area contributed by atoms with Gasteiger partial charge in [-0.3, -0.25) is 0 Å². The minimum absolute atomic E-state index is 0.128. The normalized spacial score (nSPS) is 16.9. The van der Waals surface area contributed by atoms with E-state index in [1.165, 1.54) is 12.6 Å². The summed E-state index contributed by atoms with van der Waals surface area (Å²) in [4.78, 5) is 25.0. The number of likely N-dealkylation sites (tertiary alicyclic amines) is 1. The molecule has 0 bridgehead atoms. The molecular formula is C22H25N5O5S. The fraction of sp³-hybridized carbons (Fsp3) is 0.455. The lowest BCUT2D eigenvalue weighted by atomic mass is 9.93. The molecule has 2 aromatic heterocycles. The Bertz CT molecular complexity index is 1310. The molecule has 5 rings (SSSR count). The van der Waals surface area contributed by atoms with Crippen molar-refractivity contribution >= 4 is 38.5 Å². The number of anilines is 2. The van der Waals surface area contributed by atoms with Crippen LogP contribution in [0.3, 0.4) is 0 Å². The van der Waals surface area contributed by atoms with Crippen LogP contribution in [0.2, 0.25) is 0 Å². The summed E-state index contributed by atoms with van der Waals surface area (Å²) in [6.07, 6.45) is 4.65. The number of carbonyl (C=O) groups is 1. The van der Waals surface area contributed by atoms with Gasteiger partial charge in [0.15, 0.2) is 15.7 Å². The third kappa shape index (κ3) is 3.90. The molecule has 11 heteroatoms. The third-order valence-electron chi connectivity index (χ3n) is 6.30. The van der Waals surface area contributed by atoms with Crippen LogP contribution in [-0.2, 0) is 21.0 Å². The van der Waals surface area contributed by atoms with Crippen molar-refractivity contribution in [2.45, 2.75) is 37.0 Å². The lowest BCUT2D eigenvalue weighted by Gasteiger charge is -2.30. The molecular weight excluding hydrogens is 446 g/mol. The average molecular weight is 472 g/mol. The van der Waals surface area contributed by atoms with Gasteiger partial charge in [-0.25, -0.2) is 23.2 Å². The van der Waals surface area contributed by atoms with Gasteiger partial charge in [-0.15, -0.1) is 0 Å². The van der Waals surface area contributed by atoms with E-state index in [0.29, 0.717) is 54.5 Å². The Morgan fingerprint density at radius 3 is 2.73 bits per heavy atom. The number of benzene rings is 1. The van der Waals surface area contributed by atoms with Gasteiger partial charge in [0.2, 0.25) is 5.58 Å². The minimum atomic E-state index is -3.27. The number of rotatable bonds is 4. The van der Waals surface area contributed by atoms with E-state index in [9.17, 15) is 13.2 Å². The van der Waals surface area contributed by atoms with Gasteiger partial charge >= 0.3 is 6.09 Å². The molecule has 0 saturated carbocycles. The Morgan fingerprint density at radius 2 is 2.00 bits per heavy atom. The number of piperidine rings is 1. The second-order valence-corrected chi connectivity index (χ2v) is 10.4. The standard InChI is InChI=1S/C22H25N5O5S/c1-3-31-22(28)26-9-6-14(7-10-26)18-19-20(32-25-18)21(24-13-23-19)27-11-8-15-12-16(33(2,29)30)4-5-17(15)27/h4-5,12-14H,3,6-11H2,1-2H3. The molecule has 0 N–H and O–H groups in total. The molecule has 1 aromatic carbocycles. The molecule has 0 unspecified atom stereocenters. The molecule has 0 atom stereocenters. The Kier molecular flexibility index (Phi) is 5.43. The molecule has 2 aliphatic heterocycles. The van der Waals surface area contributed by atoms with E-state index in [-0.39, 0.29) is 12.0 Å². The molecule has 33 heavy (non-hydrogen) atoms. The van der Waals surface area contributed by atoms with E-state index in [0.717, 1.165) is 29.8 Å². The molecule has 0 aliphatic carbocycles. The van der Waals surface area contributed by atoms with Crippen LogP contribution in [0.25, 0.3) is 11.1 Å². The van der Waals surface area contributed by atoms with Crippen LogP contribution >= 0.6 is 0 Å². The SMILES string of the molecule is CCOC(=O)N1CCC(c2noc3c(N4CCc5cc(S(C)(=O)=O)ccc54)ncnc23)CC1. The predicted octanol–water partition coefficient (Wildman–Crippen LogP) is 3.05. The molecule has 2 aliphatic rings. The molecule has 0 radical (unpaired) electrons. The maximum atomic E-state index is 12.0. The van der Waals surface area contributed by atoms with Gasteiger partial charge < -0.3 is 19.1 Å². The molecule has 3 aromatic rings. The van der Waals surface area contributed by atoms with Crippen molar-refractivity contribution in [3.8, 4) is 0 Å². The summed E-state index contributed by atoms with van der Waals surface area (Å²) in [5, 5.41) is 4.34. The van der Waals surface area contributed by atoms with Gasteiger partial charge in [0, 0.05) is 37.5 Å². The van der Waals surface area contributed by atoms with Gasteiger partial charge in [0.25, 0.3) is 0 Å². The zero-order valence-electron chi connectivity index (χ0n) is 18.5. The number of nitrogens with zero attached hydrogens (tertiary/aromatic N) is 5. The van der Waals surface area contributed by atoms with Gasteiger partial charge in [-0.1, -0.05) is 5.16 Å². The number of carbonyl (C=O) groups excluding carboxylic acids is 1. The van der Waals surface area contributed by atoms with Crippen molar-refractivity contribution < 1.29 is 22.5 Å². The lowest BCUT2D eigenvalue weighted by Crippen LogP contribution is -2.38. The van der Waals surface area contributed by atoms with Gasteiger partial charge in [-0.2, -0.15) is 0 Å². The molecule has 4 heterocycles. The molecule has 1 saturated heterocycles. The van der Waals surface area contributed by atoms with Crippen molar-refractivity contribution in [3.63, 3.8) is 0 Å². The topological polar surface area (TPSA) is 119 Å². The van der Waals surface area contributed by atoms with E-state index >= 15 is 0 Å². The molecule has 0 spiro atoms. The van der Waals surface area contributed by atoms with Crippen LogP contribution in [0.1, 0.15) is 36.9 Å². The van der Waals surface area contributed by atoms with E-state index < -0.39 is 9.84 Å². The van der Waals surface area contributed by atoms with E-state index in [1.54, 1.807) is 24.0 Å². The van der Waals surface area contributed by atoms with Crippen molar-refractivity contribution in [1.82, 2.24) is 20.0 Å². The summed E-state index contributed by atoms with van der Waals surface area (Å²) in [6, 6.07) is 5.16. The quantitative estimate of drug-likeness (QED) is 0.565. The smallest absolute Gasteiger partial charge is 0.409 e. The summed E-state index contributed by atoms with van der Waals surface area (Å²) in [5.74, 6) is 0.747. The number of amides is 1. The first-order valence-corrected chi connectivity index (χ1v) is 12.9. The van der Waals surface area contributed by atoms with Crippen LogP contribution in [0.5, 0.6) is 0 Å². The number of hydrogen-bond donors (Lipinski definition) is 0. The van der Waals surface area contributed by atoms with Gasteiger partial charge in [-0.05, 0) is 49.9 Å². The number of hydrogen-bond acceptors (Lipinski definition) is 9. The summed E-state index contributed by atoms with van der Waals surface area (Å²) in [7, 11) is -3.27. The monoisotopic (exact) mass is 471 g/mol. The number of sulfone groups is 1. The minimum Gasteiger partial charge on any atom is -0.450 e. The van der Waals surface area contributed by atoms with Crippen molar-refractivity contribution in [2.75, 3.05) is 37.4 Å². The molecule has 1 amide bonds. The first kappa shape index (κ1) is 21.6. The zero-order chi connectivity index (χ0) is 23.2.